The number of benzene rings is 1. The molecular weight excluding hydrogens is 268 g/mol. The van der Waals surface area contributed by atoms with E-state index in [1.807, 2.05) is 25.1 Å². The summed E-state index contributed by atoms with van der Waals surface area (Å²) in [5.74, 6) is -1.18. The van der Waals surface area contributed by atoms with Crippen LogP contribution >= 0.6 is 0 Å². The van der Waals surface area contributed by atoms with Gasteiger partial charge in [0.05, 0.1) is 17.8 Å². The van der Waals surface area contributed by atoms with E-state index >= 15 is 0 Å². The Morgan fingerprint density at radius 1 is 1.10 bits per heavy atom. The van der Waals surface area contributed by atoms with Crippen molar-refractivity contribution in [2.45, 2.75) is 13.5 Å². The Balaban J connectivity index is 2.10. The molecule has 5 heteroatoms. The third kappa shape index (κ3) is 3.66. The van der Waals surface area contributed by atoms with Crippen LogP contribution in [0.3, 0.4) is 0 Å². The van der Waals surface area contributed by atoms with Crippen LogP contribution in [0, 0.1) is 6.92 Å². The van der Waals surface area contributed by atoms with Gasteiger partial charge in [-0.2, -0.15) is 0 Å². The number of rotatable bonds is 4. The largest absolute Gasteiger partial charge is 0.478 e. The maximum Gasteiger partial charge on any atom is 0.335 e. The smallest absolute Gasteiger partial charge is 0.335 e. The van der Waals surface area contributed by atoms with Gasteiger partial charge in [-0.1, -0.05) is 6.07 Å². The maximum absolute atomic E-state index is 12.3. The lowest BCUT2D eigenvalue weighted by Gasteiger charge is -2.17. The van der Waals surface area contributed by atoms with E-state index in [0.29, 0.717) is 12.1 Å². The molecule has 1 aromatic carbocycles. The van der Waals surface area contributed by atoms with Gasteiger partial charge in [0.2, 0.25) is 0 Å². The first-order valence-corrected chi connectivity index (χ1v) is 6.49. The van der Waals surface area contributed by atoms with Crippen molar-refractivity contribution in [3.63, 3.8) is 0 Å². The number of aromatic carboxylic acids is 1. The van der Waals surface area contributed by atoms with Gasteiger partial charge in [-0.25, -0.2) is 4.79 Å². The Bertz CT molecular complexity index is 665. The lowest BCUT2D eigenvalue weighted by atomic mass is 10.1. The molecule has 1 heterocycles. The highest BCUT2D eigenvalue weighted by atomic mass is 16.4. The number of carboxylic acid groups (broad SMARTS) is 1. The Labute approximate surface area is 122 Å². The molecule has 0 spiro atoms. The van der Waals surface area contributed by atoms with E-state index in [-0.39, 0.29) is 11.5 Å². The standard InChI is InChI=1S/C16H16N2O3/c1-11-4-3-5-14(17-11)10-18(2)15(19)12-6-8-13(9-7-12)16(20)21/h3-9H,10H2,1-2H3,(H,20,21). The fourth-order valence-corrected chi connectivity index (χ4v) is 1.98. The molecule has 1 amide bonds. The number of hydrogen-bond acceptors (Lipinski definition) is 3. The summed E-state index contributed by atoms with van der Waals surface area (Å²) in [6, 6.07) is 11.6. The second kappa shape index (κ2) is 6.17. The highest BCUT2D eigenvalue weighted by Crippen LogP contribution is 2.09. The lowest BCUT2D eigenvalue weighted by molar-refractivity contribution is 0.0695. The molecule has 108 valence electrons. The van der Waals surface area contributed by atoms with Crippen LogP contribution in [0.5, 0.6) is 0 Å². The minimum Gasteiger partial charge on any atom is -0.478 e. The van der Waals surface area contributed by atoms with Crippen LogP contribution in [-0.4, -0.2) is 33.9 Å². The Morgan fingerprint density at radius 2 is 1.71 bits per heavy atom. The molecule has 21 heavy (non-hydrogen) atoms. The fraction of sp³-hybridized carbons (Fsp3) is 0.188. The highest BCUT2D eigenvalue weighted by molar-refractivity contribution is 5.95. The van der Waals surface area contributed by atoms with Crippen molar-refractivity contribution < 1.29 is 14.7 Å². The van der Waals surface area contributed by atoms with Crippen molar-refractivity contribution in [1.82, 2.24) is 9.88 Å². The third-order valence-corrected chi connectivity index (χ3v) is 3.07. The topological polar surface area (TPSA) is 70.5 Å². The second-order valence-electron chi connectivity index (χ2n) is 4.81. The van der Waals surface area contributed by atoms with Gasteiger partial charge in [-0.3, -0.25) is 9.78 Å². The number of amides is 1. The van der Waals surface area contributed by atoms with Gasteiger partial charge >= 0.3 is 5.97 Å². The molecule has 2 aromatic rings. The lowest BCUT2D eigenvalue weighted by Crippen LogP contribution is -2.26. The van der Waals surface area contributed by atoms with Crippen molar-refractivity contribution >= 4 is 11.9 Å². The third-order valence-electron chi connectivity index (χ3n) is 3.07. The Morgan fingerprint density at radius 3 is 2.29 bits per heavy atom. The fourth-order valence-electron chi connectivity index (χ4n) is 1.98. The Kier molecular flexibility index (Phi) is 4.33. The summed E-state index contributed by atoms with van der Waals surface area (Å²) in [5.41, 5.74) is 2.33. The van der Waals surface area contributed by atoms with Crippen LogP contribution in [0.25, 0.3) is 0 Å². The molecule has 0 fully saturated rings. The summed E-state index contributed by atoms with van der Waals surface area (Å²) in [5, 5.41) is 8.84. The molecule has 1 N–H and O–H groups in total. The second-order valence-corrected chi connectivity index (χ2v) is 4.81. The van der Waals surface area contributed by atoms with Crippen LogP contribution in [0.1, 0.15) is 32.1 Å². The SMILES string of the molecule is Cc1cccc(CN(C)C(=O)c2ccc(C(=O)O)cc2)n1. The first kappa shape index (κ1) is 14.7. The minimum atomic E-state index is -1.01. The average molecular weight is 284 g/mol. The van der Waals surface area contributed by atoms with Gasteiger partial charge < -0.3 is 10.0 Å². The van der Waals surface area contributed by atoms with E-state index in [0.717, 1.165) is 11.4 Å². The molecule has 0 atom stereocenters. The van der Waals surface area contributed by atoms with Crippen molar-refractivity contribution in [1.29, 1.82) is 0 Å². The molecule has 2 rings (SSSR count). The zero-order chi connectivity index (χ0) is 15.4. The predicted octanol–water partition coefficient (Wildman–Crippen LogP) is 2.36. The van der Waals surface area contributed by atoms with Gasteiger partial charge in [0.1, 0.15) is 0 Å². The van der Waals surface area contributed by atoms with Crippen LogP contribution in [0.2, 0.25) is 0 Å². The number of aryl methyl sites for hydroxylation is 1. The molecule has 0 saturated carbocycles. The van der Waals surface area contributed by atoms with Gasteiger partial charge in [-0.15, -0.1) is 0 Å². The van der Waals surface area contributed by atoms with E-state index < -0.39 is 5.97 Å². The predicted molar refractivity (Wildman–Crippen MR) is 78.2 cm³/mol. The molecule has 0 aliphatic rings. The number of carbonyl (C=O) groups is 2. The molecule has 0 unspecified atom stereocenters. The molecule has 0 aliphatic carbocycles. The number of carboxylic acids is 1. The summed E-state index contributed by atoms with van der Waals surface area (Å²) < 4.78 is 0. The van der Waals surface area contributed by atoms with E-state index in [9.17, 15) is 9.59 Å². The van der Waals surface area contributed by atoms with E-state index in [1.165, 1.54) is 24.3 Å². The van der Waals surface area contributed by atoms with E-state index in [1.54, 1.807) is 11.9 Å². The quantitative estimate of drug-likeness (QED) is 0.935. The van der Waals surface area contributed by atoms with Gasteiger partial charge in [0, 0.05) is 18.3 Å². The summed E-state index contributed by atoms with van der Waals surface area (Å²) in [7, 11) is 1.69. The first-order valence-electron chi connectivity index (χ1n) is 6.49. The van der Waals surface area contributed by atoms with Crippen molar-refractivity contribution in [2.75, 3.05) is 7.05 Å². The normalized spacial score (nSPS) is 10.2. The summed E-state index contributed by atoms with van der Waals surface area (Å²) in [6.07, 6.45) is 0. The summed E-state index contributed by atoms with van der Waals surface area (Å²) in [4.78, 5) is 29.0. The number of hydrogen-bond donors (Lipinski definition) is 1. The molecule has 1 aromatic heterocycles. The average Bonchev–Trinajstić information content (AvgIpc) is 2.46. The molecule has 0 aliphatic heterocycles. The molecular formula is C16H16N2O3. The first-order chi connectivity index (χ1) is 9.97. The zero-order valence-corrected chi connectivity index (χ0v) is 11.9. The van der Waals surface area contributed by atoms with Crippen LogP contribution < -0.4 is 0 Å². The maximum atomic E-state index is 12.3. The molecule has 0 bridgehead atoms. The number of pyridine rings is 1. The van der Waals surface area contributed by atoms with Crippen molar-refractivity contribution in [3.8, 4) is 0 Å². The van der Waals surface area contributed by atoms with Gasteiger partial charge in [-0.05, 0) is 43.3 Å². The van der Waals surface area contributed by atoms with Crippen LogP contribution in [-0.2, 0) is 6.54 Å². The van der Waals surface area contributed by atoms with Crippen LogP contribution in [0.15, 0.2) is 42.5 Å². The van der Waals surface area contributed by atoms with Crippen molar-refractivity contribution in [2.24, 2.45) is 0 Å². The number of carbonyl (C=O) groups excluding carboxylic acids is 1. The molecule has 0 saturated heterocycles. The van der Waals surface area contributed by atoms with Crippen molar-refractivity contribution in [3.05, 3.63) is 65.0 Å². The molecule has 5 nitrogen and oxygen atoms in total. The summed E-state index contributed by atoms with van der Waals surface area (Å²) >= 11 is 0. The van der Waals surface area contributed by atoms with E-state index in [4.69, 9.17) is 5.11 Å². The van der Waals surface area contributed by atoms with Gasteiger partial charge in [0.15, 0.2) is 0 Å². The Hall–Kier alpha value is -2.69. The molecule has 0 radical (unpaired) electrons. The van der Waals surface area contributed by atoms with E-state index in [2.05, 4.69) is 4.98 Å². The summed E-state index contributed by atoms with van der Waals surface area (Å²) in [6.45, 7) is 2.30. The highest BCUT2D eigenvalue weighted by Gasteiger charge is 2.13. The number of aromatic nitrogens is 1. The van der Waals surface area contributed by atoms with Gasteiger partial charge in [0.25, 0.3) is 5.91 Å². The monoisotopic (exact) mass is 284 g/mol. The number of nitrogens with zero attached hydrogens (tertiary/aromatic N) is 2. The minimum absolute atomic E-state index is 0.162. The van der Waals surface area contributed by atoms with Crippen LogP contribution in [0.4, 0.5) is 0 Å². The zero-order valence-electron chi connectivity index (χ0n) is 11.9.